The summed E-state index contributed by atoms with van der Waals surface area (Å²) in [4.78, 5) is 5.51. The van der Waals surface area contributed by atoms with E-state index in [1.54, 1.807) is 0 Å². The monoisotopic (exact) mass is 235 g/mol. The van der Waals surface area contributed by atoms with Crippen molar-refractivity contribution >= 4 is 5.71 Å². The lowest BCUT2D eigenvalue weighted by atomic mass is 9.96. The van der Waals surface area contributed by atoms with Gasteiger partial charge in [-0.05, 0) is 5.56 Å². The van der Waals surface area contributed by atoms with Crippen molar-refractivity contribution in [3.63, 3.8) is 0 Å². The van der Waals surface area contributed by atoms with Gasteiger partial charge in [0, 0.05) is 11.1 Å². The molecule has 0 amide bonds. The zero-order valence-corrected chi connectivity index (χ0v) is 9.91. The molecule has 3 rings (SSSR count). The van der Waals surface area contributed by atoms with Crippen LogP contribution in [0, 0.1) is 0 Å². The van der Waals surface area contributed by atoms with Gasteiger partial charge >= 0.3 is 0 Å². The van der Waals surface area contributed by atoms with Gasteiger partial charge in [0.15, 0.2) is 6.10 Å². The van der Waals surface area contributed by atoms with Crippen LogP contribution in [0.5, 0.6) is 0 Å². The third-order valence-corrected chi connectivity index (χ3v) is 3.02. The fourth-order valence-electron chi connectivity index (χ4n) is 2.08. The molecule has 0 bridgehead atoms. The topological polar surface area (TPSA) is 21.6 Å². The summed E-state index contributed by atoms with van der Waals surface area (Å²) < 4.78 is 0. The van der Waals surface area contributed by atoms with Gasteiger partial charge in [-0.15, -0.1) is 0 Å². The van der Waals surface area contributed by atoms with Crippen LogP contribution in [-0.4, -0.2) is 5.71 Å². The van der Waals surface area contributed by atoms with Crippen LogP contribution in [0.25, 0.3) is 0 Å². The van der Waals surface area contributed by atoms with Crippen molar-refractivity contribution in [2.24, 2.45) is 5.16 Å². The Morgan fingerprint density at radius 2 is 1.50 bits per heavy atom. The molecule has 0 radical (unpaired) electrons. The SMILES string of the molecule is C=C1C(c2ccccc2)=NOC1c1ccccc1. The van der Waals surface area contributed by atoms with Crippen molar-refractivity contribution in [1.82, 2.24) is 0 Å². The first-order chi connectivity index (χ1) is 8.86. The van der Waals surface area contributed by atoms with Crippen molar-refractivity contribution in [1.29, 1.82) is 0 Å². The smallest absolute Gasteiger partial charge is 0.179 e. The summed E-state index contributed by atoms with van der Waals surface area (Å²) in [5.74, 6) is 0. The fourth-order valence-corrected chi connectivity index (χ4v) is 2.08. The fraction of sp³-hybridized carbons (Fsp3) is 0.0625. The van der Waals surface area contributed by atoms with Crippen molar-refractivity contribution in [2.45, 2.75) is 6.10 Å². The summed E-state index contributed by atoms with van der Waals surface area (Å²) in [6.07, 6.45) is -0.165. The van der Waals surface area contributed by atoms with Crippen LogP contribution in [0.3, 0.4) is 0 Å². The van der Waals surface area contributed by atoms with E-state index in [2.05, 4.69) is 11.7 Å². The molecular formula is C16H13NO. The number of benzene rings is 2. The first-order valence-corrected chi connectivity index (χ1v) is 5.89. The highest BCUT2D eigenvalue weighted by atomic mass is 16.6. The van der Waals surface area contributed by atoms with Gasteiger partial charge < -0.3 is 4.84 Å². The minimum Gasteiger partial charge on any atom is -0.382 e. The van der Waals surface area contributed by atoms with Crippen LogP contribution >= 0.6 is 0 Å². The van der Waals surface area contributed by atoms with Crippen LogP contribution < -0.4 is 0 Å². The standard InChI is InChI=1S/C16H13NO/c1-12-15(13-8-4-2-5-9-13)17-18-16(12)14-10-6-3-7-11-14/h2-11,16H,1H2. The zero-order valence-electron chi connectivity index (χ0n) is 9.91. The number of hydrogen-bond acceptors (Lipinski definition) is 2. The molecule has 0 aliphatic carbocycles. The van der Waals surface area contributed by atoms with Gasteiger partial charge in [-0.1, -0.05) is 72.4 Å². The second-order valence-corrected chi connectivity index (χ2v) is 4.23. The maximum Gasteiger partial charge on any atom is 0.179 e. The summed E-state index contributed by atoms with van der Waals surface area (Å²) >= 11 is 0. The van der Waals surface area contributed by atoms with Gasteiger partial charge in [-0.2, -0.15) is 0 Å². The van der Waals surface area contributed by atoms with E-state index in [-0.39, 0.29) is 6.10 Å². The number of nitrogens with zero attached hydrogens (tertiary/aromatic N) is 1. The molecular weight excluding hydrogens is 222 g/mol. The Morgan fingerprint density at radius 3 is 2.17 bits per heavy atom. The molecule has 0 aromatic heterocycles. The van der Waals surface area contributed by atoms with Crippen LogP contribution in [-0.2, 0) is 4.84 Å². The summed E-state index contributed by atoms with van der Waals surface area (Å²) in [6.45, 7) is 4.11. The van der Waals surface area contributed by atoms with Gasteiger partial charge in [0.2, 0.25) is 0 Å². The third kappa shape index (κ3) is 1.82. The average Bonchev–Trinajstić information content (AvgIpc) is 2.83. The highest BCUT2D eigenvalue weighted by molar-refractivity contribution is 6.13. The van der Waals surface area contributed by atoms with Gasteiger partial charge in [0.25, 0.3) is 0 Å². The minimum absolute atomic E-state index is 0.165. The van der Waals surface area contributed by atoms with E-state index < -0.39 is 0 Å². The van der Waals surface area contributed by atoms with E-state index in [1.807, 2.05) is 60.7 Å². The van der Waals surface area contributed by atoms with E-state index in [9.17, 15) is 0 Å². The Labute approximate surface area is 106 Å². The third-order valence-electron chi connectivity index (χ3n) is 3.02. The normalized spacial score (nSPS) is 18.3. The molecule has 0 spiro atoms. The molecule has 2 heteroatoms. The maximum atomic E-state index is 5.51. The second-order valence-electron chi connectivity index (χ2n) is 4.23. The molecule has 0 fully saturated rings. The zero-order chi connectivity index (χ0) is 12.4. The number of rotatable bonds is 2. The van der Waals surface area contributed by atoms with E-state index >= 15 is 0 Å². The molecule has 2 aromatic carbocycles. The highest BCUT2D eigenvalue weighted by Crippen LogP contribution is 2.32. The Morgan fingerprint density at radius 1 is 0.889 bits per heavy atom. The quantitative estimate of drug-likeness (QED) is 0.777. The van der Waals surface area contributed by atoms with Crippen molar-refractivity contribution in [3.8, 4) is 0 Å². The molecule has 1 heterocycles. The van der Waals surface area contributed by atoms with Crippen LogP contribution in [0.4, 0.5) is 0 Å². The predicted molar refractivity (Wildman–Crippen MR) is 72.4 cm³/mol. The molecule has 0 saturated carbocycles. The lowest BCUT2D eigenvalue weighted by molar-refractivity contribution is 0.105. The van der Waals surface area contributed by atoms with Crippen molar-refractivity contribution in [3.05, 3.63) is 83.9 Å². The largest absolute Gasteiger partial charge is 0.382 e. The average molecular weight is 235 g/mol. The molecule has 18 heavy (non-hydrogen) atoms. The first kappa shape index (κ1) is 10.8. The van der Waals surface area contributed by atoms with Gasteiger partial charge in [0.05, 0.1) is 0 Å². The molecule has 1 unspecified atom stereocenters. The lowest BCUT2D eigenvalue weighted by Crippen LogP contribution is -2.05. The Kier molecular flexibility index (Phi) is 2.69. The van der Waals surface area contributed by atoms with Gasteiger partial charge in [0.1, 0.15) is 5.71 Å². The van der Waals surface area contributed by atoms with Gasteiger partial charge in [-0.3, -0.25) is 0 Å². The molecule has 2 nitrogen and oxygen atoms in total. The molecule has 0 saturated heterocycles. The summed E-state index contributed by atoms with van der Waals surface area (Å²) in [5, 5.41) is 4.16. The van der Waals surface area contributed by atoms with E-state index in [0.717, 1.165) is 22.4 Å². The summed E-state index contributed by atoms with van der Waals surface area (Å²) in [6, 6.07) is 20.0. The number of oxime groups is 1. The molecule has 2 aromatic rings. The highest BCUT2D eigenvalue weighted by Gasteiger charge is 2.27. The van der Waals surface area contributed by atoms with Crippen LogP contribution in [0.2, 0.25) is 0 Å². The Hall–Kier alpha value is -2.35. The van der Waals surface area contributed by atoms with Crippen molar-refractivity contribution in [2.75, 3.05) is 0 Å². The Balaban J connectivity index is 1.89. The molecule has 1 aliphatic heterocycles. The Bertz CT molecular complexity index is 587. The van der Waals surface area contributed by atoms with Gasteiger partial charge in [-0.25, -0.2) is 0 Å². The van der Waals surface area contributed by atoms with Crippen molar-refractivity contribution < 1.29 is 4.84 Å². The molecule has 1 atom stereocenters. The van der Waals surface area contributed by atoms with E-state index in [1.165, 1.54) is 0 Å². The first-order valence-electron chi connectivity index (χ1n) is 5.89. The summed E-state index contributed by atoms with van der Waals surface area (Å²) in [5.41, 5.74) is 3.87. The van der Waals surface area contributed by atoms with E-state index in [4.69, 9.17) is 4.84 Å². The van der Waals surface area contributed by atoms with Crippen LogP contribution in [0.1, 0.15) is 17.2 Å². The van der Waals surface area contributed by atoms with Crippen LogP contribution in [0.15, 0.2) is 78.0 Å². The molecule has 0 N–H and O–H groups in total. The lowest BCUT2D eigenvalue weighted by Gasteiger charge is -2.10. The minimum atomic E-state index is -0.165. The maximum absolute atomic E-state index is 5.51. The van der Waals surface area contributed by atoms with E-state index in [0.29, 0.717) is 0 Å². The predicted octanol–water partition coefficient (Wildman–Crippen LogP) is 3.72. The molecule has 88 valence electrons. The summed E-state index contributed by atoms with van der Waals surface area (Å²) in [7, 11) is 0. The number of hydrogen-bond donors (Lipinski definition) is 0. The second kappa shape index (κ2) is 4.49. The molecule has 1 aliphatic rings.